The van der Waals surface area contributed by atoms with Crippen LogP contribution in [0, 0.1) is 0 Å². The van der Waals surface area contributed by atoms with E-state index in [2.05, 4.69) is 40.2 Å². The fourth-order valence-electron chi connectivity index (χ4n) is 2.32. The lowest BCUT2D eigenvalue weighted by Crippen LogP contribution is -2.30. The molecule has 0 bridgehead atoms. The van der Waals surface area contributed by atoms with Crippen molar-refractivity contribution in [1.29, 1.82) is 0 Å². The van der Waals surface area contributed by atoms with Crippen molar-refractivity contribution in [2.45, 2.75) is 5.75 Å². The highest BCUT2D eigenvalue weighted by Gasteiger charge is 2.17. The number of nitrogens with zero attached hydrogens (tertiary/aromatic N) is 2. The number of halogens is 1. The van der Waals surface area contributed by atoms with E-state index in [0.29, 0.717) is 6.61 Å². The molecule has 0 N–H and O–H groups in total. The standard InChI is InChI=1S/C18H20N2OS.ClH/c1-3-7-16(8-4-1)15-22-18-19-11-12-20(18)13-14-21-17-9-5-2-6-10-17;/h1-10H,11-15H2;1H. The molecule has 0 aliphatic carbocycles. The van der Waals surface area contributed by atoms with Gasteiger partial charge in [-0.15, -0.1) is 12.4 Å². The van der Waals surface area contributed by atoms with Gasteiger partial charge in [0.25, 0.3) is 0 Å². The molecule has 23 heavy (non-hydrogen) atoms. The van der Waals surface area contributed by atoms with Crippen LogP contribution in [-0.2, 0) is 5.75 Å². The summed E-state index contributed by atoms with van der Waals surface area (Å²) in [6.07, 6.45) is 0. The van der Waals surface area contributed by atoms with Crippen LogP contribution in [0.25, 0.3) is 0 Å². The van der Waals surface area contributed by atoms with Crippen LogP contribution in [0.1, 0.15) is 5.56 Å². The van der Waals surface area contributed by atoms with Gasteiger partial charge in [-0.2, -0.15) is 0 Å². The van der Waals surface area contributed by atoms with Gasteiger partial charge in [0.15, 0.2) is 5.17 Å². The lowest BCUT2D eigenvalue weighted by atomic mass is 10.2. The van der Waals surface area contributed by atoms with E-state index in [-0.39, 0.29) is 12.4 Å². The summed E-state index contributed by atoms with van der Waals surface area (Å²) >= 11 is 1.81. The first-order valence-electron chi connectivity index (χ1n) is 7.56. The second kappa shape index (κ2) is 9.48. The Bertz CT molecular complexity index is 607. The second-order valence-corrected chi connectivity index (χ2v) is 6.03. The van der Waals surface area contributed by atoms with Gasteiger partial charge in [0, 0.05) is 12.3 Å². The van der Waals surface area contributed by atoms with Crippen molar-refractivity contribution in [3.05, 3.63) is 66.2 Å². The summed E-state index contributed by atoms with van der Waals surface area (Å²) in [5, 5.41) is 1.14. The predicted octanol–water partition coefficient (Wildman–Crippen LogP) is 4.09. The zero-order chi connectivity index (χ0) is 15.0. The maximum atomic E-state index is 5.77. The average molecular weight is 349 g/mol. The number of amidine groups is 1. The maximum absolute atomic E-state index is 5.77. The normalized spacial score (nSPS) is 13.4. The van der Waals surface area contributed by atoms with E-state index in [1.807, 2.05) is 42.1 Å². The van der Waals surface area contributed by atoms with Crippen LogP contribution in [0.3, 0.4) is 0 Å². The summed E-state index contributed by atoms with van der Waals surface area (Å²) in [6, 6.07) is 20.5. The lowest BCUT2D eigenvalue weighted by Gasteiger charge is -2.19. The van der Waals surface area contributed by atoms with Gasteiger partial charge < -0.3 is 9.64 Å². The minimum atomic E-state index is 0. The molecule has 0 atom stereocenters. The summed E-state index contributed by atoms with van der Waals surface area (Å²) in [6.45, 7) is 3.46. The van der Waals surface area contributed by atoms with E-state index >= 15 is 0 Å². The van der Waals surface area contributed by atoms with Gasteiger partial charge in [0.1, 0.15) is 12.4 Å². The van der Waals surface area contributed by atoms with Crippen LogP contribution in [0.15, 0.2) is 65.7 Å². The molecule has 3 rings (SSSR count). The fourth-order valence-corrected chi connectivity index (χ4v) is 3.35. The number of benzene rings is 2. The fraction of sp³-hybridized carbons (Fsp3) is 0.278. The Morgan fingerprint density at radius 2 is 1.70 bits per heavy atom. The molecular weight excluding hydrogens is 328 g/mol. The molecule has 1 aliphatic rings. The largest absolute Gasteiger partial charge is 0.492 e. The first-order valence-corrected chi connectivity index (χ1v) is 8.54. The zero-order valence-electron chi connectivity index (χ0n) is 12.9. The summed E-state index contributed by atoms with van der Waals surface area (Å²) in [4.78, 5) is 6.92. The highest BCUT2D eigenvalue weighted by molar-refractivity contribution is 8.13. The van der Waals surface area contributed by atoms with E-state index in [1.165, 1.54) is 5.56 Å². The molecule has 0 radical (unpaired) electrons. The first kappa shape index (κ1) is 17.7. The third kappa shape index (κ3) is 5.48. The van der Waals surface area contributed by atoms with Crippen LogP contribution in [0.4, 0.5) is 0 Å². The van der Waals surface area contributed by atoms with Crippen molar-refractivity contribution in [1.82, 2.24) is 4.90 Å². The Morgan fingerprint density at radius 1 is 1.00 bits per heavy atom. The smallest absolute Gasteiger partial charge is 0.159 e. The number of thioether (sulfide) groups is 1. The van der Waals surface area contributed by atoms with E-state index < -0.39 is 0 Å². The zero-order valence-corrected chi connectivity index (χ0v) is 14.6. The van der Waals surface area contributed by atoms with E-state index in [9.17, 15) is 0 Å². The molecule has 0 spiro atoms. The number of para-hydroxylation sites is 1. The van der Waals surface area contributed by atoms with Crippen molar-refractivity contribution in [2.75, 3.05) is 26.2 Å². The summed E-state index contributed by atoms with van der Waals surface area (Å²) in [7, 11) is 0. The van der Waals surface area contributed by atoms with Crippen LogP contribution >= 0.6 is 24.2 Å². The maximum Gasteiger partial charge on any atom is 0.159 e. The number of ether oxygens (including phenoxy) is 1. The van der Waals surface area contributed by atoms with Gasteiger partial charge in [-0.05, 0) is 17.7 Å². The van der Waals surface area contributed by atoms with Crippen molar-refractivity contribution in [3.63, 3.8) is 0 Å². The Balaban J connectivity index is 0.00000192. The quantitative estimate of drug-likeness (QED) is 0.786. The molecule has 2 aromatic rings. The van der Waals surface area contributed by atoms with E-state index in [4.69, 9.17) is 4.74 Å². The minimum Gasteiger partial charge on any atom is -0.492 e. The predicted molar refractivity (Wildman–Crippen MR) is 101 cm³/mol. The Labute approximate surface area is 148 Å². The van der Waals surface area contributed by atoms with E-state index in [0.717, 1.165) is 36.3 Å². The topological polar surface area (TPSA) is 24.8 Å². The van der Waals surface area contributed by atoms with Crippen LogP contribution in [0.5, 0.6) is 5.75 Å². The van der Waals surface area contributed by atoms with Gasteiger partial charge >= 0.3 is 0 Å². The molecule has 0 aromatic heterocycles. The minimum absolute atomic E-state index is 0. The monoisotopic (exact) mass is 348 g/mol. The highest BCUT2D eigenvalue weighted by Crippen LogP contribution is 2.19. The summed E-state index contributed by atoms with van der Waals surface area (Å²) < 4.78 is 5.77. The first-order chi connectivity index (χ1) is 10.9. The molecule has 122 valence electrons. The van der Waals surface area contributed by atoms with E-state index in [1.54, 1.807) is 0 Å². The molecule has 3 nitrogen and oxygen atoms in total. The lowest BCUT2D eigenvalue weighted by molar-refractivity contribution is 0.278. The van der Waals surface area contributed by atoms with Gasteiger partial charge in [0.2, 0.25) is 0 Å². The Morgan fingerprint density at radius 3 is 2.43 bits per heavy atom. The second-order valence-electron chi connectivity index (χ2n) is 5.09. The summed E-state index contributed by atoms with van der Waals surface area (Å²) in [5.41, 5.74) is 1.34. The third-order valence-electron chi connectivity index (χ3n) is 3.47. The van der Waals surface area contributed by atoms with Crippen LogP contribution in [0.2, 0.25) is 0 Å². The van der Waals surface area contributed by atoms with Crippen molar-refractivity contribution in [3.8, 4) is 5.75 Å². The molecule has 5 heteroatoms. The van der Waals surface area contributed by atoms with Gasteiger partial charge in [0.05, 0.1) is 13.1 Å². The van der Waals surface area contributed by atoms with Crippen molar-refractivity contribution >= 4 is 29.3 Å². The molecule has 0 saturated heterocycles. The molecule has 0 amide bonds. The Kier molecular flexibility index (Phi) is 7.30. The van der Waals surface area contributed by atoms with Gasteiger partial charge in [-0.1, -0.05) is 60.3 Å². The molecular formula is C18H21ClN2OS. The highest BCUT2D eigenvalue weighted by atomic mass is 35.5. The Hall–Kier alpha value is -1.65. The number of hydrogen-bond donors (Lipinski definition) is 0. The molecule has 0 fully saturated rings. The molecule has 0 saturated carbocycles. The van der Waals surface area contributed by atoms with Crippen molar-refractivity contribution < 1.29 is 4.74 Å². The van der Waals surface area contributed by atoms with Gasteiger partial charge in [-0.25, -0.2) is 0 Å². The number of aliphatic imine (C=N–C) groups is 1. The molecule has 1 heterocycles. The molecule has 0 unspecified atom stereocenters. The molecule has 2 aromatic carbocycles. The van der Waals surface area contributed by atoms with Crippen molar-refractivity contribution in [2.24, 2.45) is 4.99 Å². The molecule has 1 aliphatic heterocycles. The number of rotatable bonds is 6. The van der Waals surface area contributed by atoms with Gasteiger partial charge in [-0.3, -0.25) is 4.99 Å². The third-order valence-corrected chi connectivity index (χ3v) is 4.59. The van der Waals surface area contributed by atoms with Crippen LogP contribution < -0.4 is 4.74 Å². The average Bonchev–Trinajstić information content (AvgIpc) is 3.02. The number of hydrogen-bond acceptors (Lipinski definition) is 4. The summed E-state index contributed by atoms with van der Waals surface area (Å²) in [5.74, 6) is 1.90. The van der Waals surface area contributed by atoms with Crippen LogP contribution in [-0.4, -0.2) is 36.3 Å². The SMILES string of the molecule is Cl.c1ccc(CSC2=NCCN2CCOc2ccccc2)cc1.